The van der Waals surface area contributed by atoms with Crippen molar-refractivity contribution in [2.45, 2.75) is 6.61 Å². The molecule has 0 saturated heterocycles. The molecule has 0 atom stereocenters. The summed E-state index contributed by atoms with van der Waals surface area (Å²) in [6.07, 6.45) is 1.60. The van der Waals surface area contributed by atoms with Crippen LogP contribution in [0.4, 0.5) is 5.69 Å². The highest BCUT2D eigenvalue weighted by Gasteiger charge is 2.21. The number of pyridine rings is 1. The predicted octanol–water partition coefficient (Wildman–Crippen LogP) is 3.05. The van der Waals surface area contributed by atoms with Crippen LogP contribution in [0.25, 0.3) is 4.96 Å². The molecule has 0 radical (unpaired) electrons. The Balaban J connectivity index is 1.84. The molecule has 0 aliphatic carbocycles. The first-order valence-electron chi connectivity index (χ1n) is 6.31. The first kappa shape index (κ1) is 17.0. The predicted molar refractivity (Wildman–Crippen MR) is 92.1 cm³/mol. The molecule has 0 bridgehead atoms. The van der Waals surface area contributed by atoms with E-state index in [4.69, 9.17) is 45.3 Å². The number of nitrogens with zero attached hydrogens (tertiary/aromatic N) is 3. The van der Waals surface area contributed by atoms with E-state index in [2.05, 4.69) is 9.97 Å². The van der Waals surface area contributed by atoms with Crippen LogP contribution in [0.5, 0.6) is 0 Å². The lowest BCUT2D eigenvalue weighted by Crippen LogP contribution is -2.15. The summed E-state index contributed by atoms with van der Waals surface area (Å²) in [7, 11) is 0. The molecule has 0 aliphatic heterocycles. The third-order valence-corrected chi connectivity index (χ3v) is 4.86. The van der Waals surface area contributed by atoms with Crippen LogP contribution in [0.15, 0.2) is 22.4 Å². The van der Waals surface area contributed by atoms with Crippen molar-refractivity contribution >= 4 is 62.8 Å². The van der Waals surface area contributed by atoms with Crippen molar-refractivity contribution in [3.63, 3.8) is 0 Å². The van der Waals surface area contributed by atoms with E-state index in [0.29, 0.717) is 10.7 Å². The number of carbonyl (C=O) groups is 1. The van der Waals surface area contributed by atoms with E-state index in [1.54, 1.807) is 11.6 Å². The molecule has 7 nitrogen and oxygen atoms in total. The molecule has 3 rings (SSSR count). The van der Waals surface area contributed by atoms with Crippen LogP contribution in [-0.4, -0.2) is 20.3 Å². The highest BCUT2D eigenvalue weighted by atomic mass is 35.5. The molecule has 0 saturated carbocycles. The first-order valence-corrected chi connectivity index (χ1v) is 8.32. The Labute approximate surface area is 153 Å². The van der Waals surface area contributed by atoms with Gasteiger partial charge in [0.25, 0.3) is 5.56 Å². The molecule has 0 unspecified atom stereocenters. The van der Waals surface area contributed by atoms with Gasteiger partial charge in [0, 0.05) is 17.6 Å². The Kier molecular flexibility index (Phi) is 4.64. The number of hydrogen-bond acceptors (Lipinski definition) is 7. The topological polar surface area (TPSA) is 99.6 Å². The van der Waals surface area contributed by atoms with Crippen LogP contribution >= 0.6 is 46.1 Å². The number of carbonyl (C=O) groups excluding carboxylic acids is 1. The summed E-state index contributed by atoms with van der Waals surface area (Å²) in [5, 5.41) is 1.36. The fraction of sp³-hybridized carbons (Fsp3) is 0.0769. The normalized spacial score (nSPS) is 11.0. The van der Waals surface area contributed by atoms with E-state index in [1.807, 2.05) is 0 Å². The monoisotopic (exact) mass is 404 g/mol. The second-order valence-electron chi connectivity index (χ2n) is 4.51. The number of nitrogens with two attached hydrogens (primary N) is 1. The van der Waals surface area contributed by atoms with Gasteiger partial charge in [-0.15, -0.1) is 11.3 Å². The second-order valence-corrected chi connectivity index (χ2v) is 6.50. The molecule has 0 aliphatic rings. The summed E-state index contributed by atoms with van der Waals surface area (Å²) >= 11 is 18.8. The summed E-state index contributed by atoms with van der Waals surface area (Å²) in [6.45, 7) is -0.235. The third-order valence-electron chi connectivity index (χ3n) is 2.97. The number of fused-ring (bicyclic) bond motifs is 1. The van der Waals surface area contributed by atoms with Crippen LogP contribution in [0.3, 0.4) is 0 Å². The number of hydrogen-bond donors (Lipinski definition) is 1. The molecular weight excluding hydrogens is 399 g/mol. The van der Waals surface area contributed by atoms with Gasteiger partial charge >= 0.3 is 5.97 Å². The van der Waals surface area contributed by atoms with Gasteiger partial charge in [0.05, 0.1) is 16.4 Å². The lowest BCUT2D eigenvalue weighted by molar-refractivity contribution is 0.0461. The van der Waals surface area contributed by atoms with E-state index in [0.717, 1.165) is 0 Å². The van der Waals surface area contributed by atoms with Crippen molar-refractivity contribution < 1.29 is 9.53 Å². The summed E-state index contributed by atoms with van der Waals surface area (Å²) in [4.78, 5) is 32.5. The van der Waals surface area contributed by atoms with Crippen molar-refractivity contribution in [2.75, 3.05) is 5.73 Å². The zero-order valence-electron chi connectivity index (χ0n) is 11.6. The van der Waals surface area contributed by atoms with Crippen molar-refractivity contribution in [1.82, 2.24) is 14.4 Å². The van der Waals surface area contributed by atoms with Gasteiger partial charge in [0.15, 0.2) is 15.8 Å². The van der Waals surface area contributed by atoms with Gasteiger partial charge in [-0.05, 0) is 0 Å². The molecule has 11 heteroatoms. The average Bonchev–Trinajstić information content (AvgIpc) is 3.03. The molecule has 0 fully saturated rings. The smallest absolute Gasteiger partial charge is 0.359 e. The molecular formula is C13H7Cl3N4O3S. The Morgan fingerprint density at radius 2 is 2.04 bits per heavy atom. The SMILES string of the molecule is Nc1c(Cl)c(Cl)nc(C(=O)OCc2cc(=O)n3ccsc3n2)c1Cl. The van der Waals surface area contributed by atoms with Crippen LogP contribution in [0.1, 0.15) is 16.2 Å². The largest absolute Gasteiger partial charge is 0.454 e. The quantitative estimate of drug-likeness (QED) is 0.531. The molecule has 3 aromatic rings. The Morgan fingerprint density at radius 3 is 2.79 bits per heavy atom. The van der Waals surface area contributed by atoms with Crippen molar-refractivity contribution in [3.8, 4) is 0 Å². The van der Waals surface area contributed by atoms with Crippen LogP contribution < -0.4 is 11.3 Å². The lowest BCUT2D eigenvalue weighted by Gasteiger charge is -2.09. The van der Waals surface area contributed by atoms with Crippen LogP contribution in [-0.2, 0) is 11.3 Å². The highest BCUT2D eigenvalue weighted by Crippen LogP contribution is 2.34. The van der Waals surface area contributed by atoms with E-state index in [-0.39, 0.29) is 38.7 Å². The van der Waals surface area contributed by atoms with Gasteiger partial charge in [0.1, 0.15) is 11.6 Å². The van der Waals surface area contributed by atoms with Gasteiger partial charge in [-0.1, -0.05) is 34.8 Å². The number of aromatic nitrogens is 3. The third kappa shape index (κ3) is 3.05. The van der Waals surface area contributed by atoms with E-state index >= 15 is 0 Å². The van der Waals surface area contributed by atoms with Gasteiger partial charge < -0.3 is 10.5 Å². The number of rotatable bonds is 3. The van der Waals surface area contributed by atoms with Gasteiger partial charge in [-0.2, -0.15) is 0 Å². The maximum atomic E-state index is 12.1. The number of esters is 1. The minimum Gasteiger partial charge on any atom is -0.454 e. The van der Waals surface area contributed by atoms with E-state index in [9.17, 15) is 9.59 Å². The summed E-state index contributed by atoms with van der Waals surface area (Å²) in [5.74, 6) is -0.863. The van der Waals surface area contributed by atoms with Gasteiger partial charge in [0.2, 0.25) is 0 Å². The molecule has 2 N–H and O–H groups in total. The van der Waals surface area contributed by atoms with Crippen LogP contribution in [0.2, 0.25) is 15.2 Å². The first-order chi connectivity index (χ1) is 11.4. The number of anilines is 1. The molecule has 124 valence electrons. The van der Waals surface area contributed by atoms with Crippen molar-refractivity contribution in [3.05, 3.63) is 54.6 Å². The second kappa shape index (κ2) is 6.56. The molecule has 0 spiro atoms. The minimum absolute atomic E-state index is 0.0453. The maximum absolute atomic E-state index is 12.1. The summed E-state index contributed by atoms with van der Waals surface area (Å²) in [6, 6.07) is 1.27. The molecule has 3 heterocycles. The van der Waals surface area contributed by atoms with Crippen LogP contribution in [0, 0.1) is 0 Å². The number of halogens is 3. The maximum Gasteiger partial charge on any atom is 0.359 e. The Hall–Kier alpha value is -1.87. The summed E-state index contributed by atoms with van der Waals surface area (Å²) in [5.41, 5.74) is 5.33. The summed E-state index contributed by atoms with van der Waals surface area (Å²) < 4.78 is 6.46. The number of thiazole rings is 1. The fourth-order valence-electron chi connectivity index (χ4n) is 1.84. The minimum atomic E-state index is -0.863. The fourth-order valence-corrected chi connectivity index (χ4v) is 3.16. The highest BCUT2D eigenvalue weighted by molar-refractivity contribution is 7.15. The number of ether oxygens (including phenoxy) is 1. The van der Waals surface area contributed by atoms with E-state index < -0.39 is 5.97 Å². The Morgan fingerprint density at radius 1 is 1.29 bits per heavy atom. The van der Waals surface area contributed by atoms with Gasteiger partial charge in [-0.3, -0.25) is 9.20 Å². The zero-order valence-corrected chi connectivity index (χ0v) is 14.7. The zero-order chi connectivity index (χ0) is 17.4. The Bertz CT molecular complexity index is 1020. The molecule has 24 heavy (non-hydrogen) atoms. The average molecular weight is 406 g/mol. The lowest BCUT2D eigenvalue weighted by atomic mass is 10.3. The van der Waals surface area contributed by atoms with Crippen molar-refractivity contribution in [2.24, 2.45) is 0 Å². The molecule has 0 amide bonds. The van der Waals surface area contributed by atoms with Crippen molar-refractivity contribution in [1.29, 1.82) is 0 Å². The van der Waals surface area contributed by atoms with E-state index in [1.165, 1.54) is 21.8 Å². The molecule has 0 aromatic carbocycles. The number of nitrogen functional groups attached to an aromatic ring is 1. The molecule has 3 aromatic heterocycles. The standard InChI is InChI=1S/C13H7Cl3N4O3S/c14-7-9(17)8(15)11(16)19-10(7)12(22)23-4-5-3-6(21)20-1-2-24-13(20)18-5/h1-3H,4H2,(H2,17,19). The van der Waals surface area contributed by atoms with Gasteiger partial charge in [-0.25, -0.2) is 14.8 Å².